The van der Waals surface area contributed by atoms with Crippen LogP contribution in [0.1, 0.15) is 25.0 Å². The lowest BCUT2D eigenvalue weighted by Crippen LogP contribution is -2.38. The van der Waals surface area contributed by atoms with E-state index < -0.39 is 12.1 Å². The molecule has 3 rings (SSSR count). The number of benzene rings is 2. The van der Waals surface area contributed by atoms with E-state index in [1.165, 1.54) is 6.08 Å². The molecule has 0 spiro atoms. The monoisotopic (exact) mass is 395 g/mol. The first-order valence-corrected chi connectivity index (χ1v) is 9.62. The third-order valence-corrected chi connectivity index (χ3v) is 4.69. The van der Waals surface area contributed by atoms with Crippen molar-refractivity contribution in [2.24, 2.45) is 0 Å². The lowest BCUT2D eigenvalue weighted by atomic mass is 10.2. The highest BCUT2D eigenvalue weighted by molar-refractivity contribution is 6.00. The Labute approximate surface area is 170 Å². The summed E-state index contributed by atoms with van der Waals surface area (Å²) in [7, 11) is 1.56. The Morgan fingerprint density at radius 2 is 1.97 bits per heavy atom. The zero-order valence-corrected chi connectivity index (χ0v) is 16.9. The van der Waals surface area contributed by atoms with Gasteiger partial charge >= 0.3 is 5.97 Å². The maximum atomic E-state index is 12.7. The third kappa shape index (κ3) is 4.77. The molecule has 2 aromatic carbocycles. The van der Waals surface area contributed by atoms with Crippen LogP contribution in [0.15, 0.2) is 48.5 Å². The van der Waals surface area contributed by atoms with Crippen LogP contribution in [0.4, 0.5) is 5.69 Å². The van der Waals surface area contributed by atoms with Crippen molar-refractivity contribution in [1.29, 1.82) is 0 Å². The summed E-state index contributed by atoms with van der Waals surface area (Å²) in [5.41, 5.74) is 2.77. The minimum atomic E-state index is -0.867. The average molecular weight is 395 g/mol. The van der Waals surface area contributed by atoms with Crippen LogP contribution in [0, 0.1) is 0 Å². The number of anilines is 1. The standard InChI is InChI=1S/C23H25NO5/c1-4-28-20-11-9-17(15-21(20)27-3)10-12-22(25)29-16(2)23(26)24-14-13-18-7-5-6-8-19(18)24/h5-12,15-16H,4,13-14H2,1-3H3/b12-10+/t16-/m1/s1. The van der Waals surface area contributed by atoms with Gasteiger partial charge in [0, 0.05) is 18.3 Å². The number of methoxy groups -OCH3 is 1. The maximum absolute atomic E-state index is 12.7. The Morgan fingerprint density at radius 1 is 1.17 bits per heavy atom. The fourth-order valence-electron chi connectivity index (χ4n) is 3.28. The molecule has 0 bridgehead atoms. The van der Waals surface area contributed by atoms with E-state index in [2.05, 4.69) is 0 Å². The van der Waals surface area contributed by atoms with Crippen molar-refractivity contribution in [3.8, 4) is 11.5 Å². The van der Waals surface area contributed by atoms with E-state index >= 15 is 0 Å². The van der Waals surface area contributed by atoms with Crippen molar-refractivity contribution >= 4 is 23.6 Å². The number of nitrogens with zero attached hydrogens (tertiary/aromatic N) is 1. The summed E-state index contributed by atoms with van der Waals surface area (Å²) in [6.45, 7) is 4.62. The first kappa shape index (κ1) is 20.5. The molecule has 0 N–H and O–H groups in total. The second kappa shape index (κ2) is 9.28. The highest BCUT2D eigenvalue weighted by Crippen LogP contribution is 2.29. The van der Waals surface area contributed by atoms with Crippen LogP contribution in [0.3, 0.4) is 0 Å². The fraction of sp³-hybridized carbons (Fsp3) is 0.304. The van der Waals surface area contributed by atoms with Crippen molar-refractivity contribution in [3.05, 3.63) is 59.7 Å². The molecule has 1 heterocycles. The summed E-state index contributed by atoms with van der Waals surface area (Å²) < 4.78 is 16.1. The highest BCUT2D eigenvalue weighted by Gasteiger charge is 2.29. The molecule has 29 heavy (non-hydrogen) atoms. The summed E-state index contributed by atoms with van der Waals surface area (Å²) in [6.07, 6.45) is 2.86. The molecule has 0 fully saturated rings. The Hall–Kier alpha value is -3.28. The van der Waals surface area contributed by atoms with Crippen LogP contribution in [-0.4, -0.2) is 38.2 Å². The van der Waals surface area contributed by atoms with Gasteiger partial charge in [0.25, 0.3) is 5.91 Å². The predicted octanol–water partition coefficient (Wildman–Crippen LogP) is 3.63. The zero-order chi connectivity index (χ0) is 20.8. The van der Waals surface area contributed by atoms with E-state index in [0.29, 0.717) is 24.7 Å². The molecule has 1 atom stereocenters. The number of fused-ring (bicyclic) bond motifs is 1. The van der Waals surface area contributed by atoms with Gasteiger partial charge in [0.05, 0.1) is 13.7 Å². The van der Waals surface area contributed by atoms with Gasteiger partial charge in [-0.15, -0.1) is 0 Å². The van der Waals surface area contributed by atoms with E-state index in [1.807, 2.05) is 37.3 Å². The topological polar surface area (TPSA) is 65.1 Å². The Bertz CT molecular complexity index is 921. The number of hydrogen-bond donors (Lipinski definition) is 0. The molecule has 0 aromatic heterocycles. The summed E-state index contributed by atoms with van der Waals surface area (Å²) >= 11 is 0. The maximum Gasteiger partial charge on any atom is 0.331 e. The number of ether oxygens (including phenoxy) is 3. The van der Waals surface area contributed by atoms with Gasteiger partial charge in [-0.05, 0) is 55.7 Å². The van der Waals surface area contributed by atoms with Crippen LogP contribution in [0.5, 0.6) is 11.5 Å². The number of para-hydroxylation sites is 1. The van der Waals surface area contributed by atoms with Gasteiger partial charge in [0.15, 0.2) is 17.6 Å². The van der Waals surface area contributed by atoms with Crippen LogP contribution < -0.4 is 14.4 Å². The predicted molar refractivity (Wildman–Crippen MR) is 111 cm³/mol. The van der Waals surface area contributed by atoms with Crippen LogP contribution in [0.25, 0.3) is 6.08 Å². The van der Waals surface area contributed by atoms with E-state index in [1.54, 1.807) is 37.1 Å². The molecule has 2 aromatic rings. The van der Waals surface area contributed by atoms with Gasteiger partial charge in [-0.3, -0.25) is 4.79 Å². The molecular weight excluding hydrogens is 370 g/mol. The molecule has 0 radical (unpaired) electrons. The number of carbonyl (C=O) groups excluding carboxylic acids is 2. The smallest absolute Gasteiger partial charge is 0.331 e. The summed E-state index contributed by atoms with van der Waals surface area (Å²) in [5.74, 6) is 0.420. The largest absolute Gasteiger partial charge is 0.493 e. The van der Waals surface area contributed by atoms with E-state index in [-0.39, 0.29) is 5.91 Å². The SMILES string of the molecule is CCOc1ccc(/C=C/C(=O)O[C@H](C)C(=O)N2CCc3ccccc32)cc1OC. The number of hydrogen-bond acceptors (Lipinski definition) is 5. The van der Waals surface area contributed by atoms with Gasteiger partial charge in [-0.1, -0.05) is 24.3 Å². The molecular formula is C23H25NO5. The van der Waals surface area contributed by atoms with Gasteiger partial charge in [0.1, 0.15) is 0 Å². The summed E-state index contributed by atoms with van der Waals surface area (Å²) in [5, 5.41) is 0. The molecule has 6 heteroatoms. The lowest BCUT2D eigenvalue weighted by Gasteiger charge is -2.21. The first-order valence-electron chi connectivity index (χ1n) is 9.62. The first-order chi connectivity index (χ1) is 14.0. The molecule has 1 amide bonds. The number of rotatable bonds is 7. The van der Waals surface area contributed by atoms with Crippen molar-refractivity contribution in [1.82, 2.24) is 0 Å². The molecule has 0 saturated carbocycles. The number of esters is 1. The Morgan fingerprint density at radius 3 is 2.72 bits per heavy atom. The van der Waals surface area contributed by atoms with E-state index in [4.69, 9.17) is 14.2 Å². The normalized spacial score (nSPS) is 13.8. The summed E-state index contributed by atoms with van der Waals surface area (Å²) in [6, 6.07) is 13.1. The van der Waals surface area contributed by atoms with Crippen LogP contribution in [-0.2, 0) is 20.7 Å². The van der Waals surface area contributed by atoms with Crippen molar-refractivity contribution in [2.75, 3.05) is 25.2 Å². The molecule has 1 aliphatic rings. The second-order valence-corrected chi connectivity index (χ2v) is 6.62. The van der Waals surface area contributed by atoms with Crippen molar-refractivity contribution in [3.63, 3.8) is 0 Å². The molecule has 0 unspecified atom stereocenters. The quantitative estimate of drug-likeness (QED) is 0.529. The number of carbonyl (C=O) groups is 2. The second-order valence-electron chi connectivity index (χ2n) is 6.62. The van der Waals surface area contributed by atoms with Gasteiger partial charge in [-0.25, -0.2) is 4.79 Å². The fourth-order valence-corrected chi connectivity index (χ4v) is 3.28. The Kier molecular flexibility index (Phi) is 6.54. The highest BCUT2D eigenvalue weighted by atomic mass is 16.5. The zero-order valence-electron chi connectivity index (χ0n) is 16.9. The van der Waals surface area contributed by atoms with Gasteiger partial charge in [0.2, 0.25) is 0 Å². The molecule has 0 saturated heterocycles. The molecule has 1 aliphatic heterocycles. The van der Waals surface area contributed by atoms with E-state index in [0.717, 1.165) is 23.2 Å². The lowest BCUT2D eigenvalue weighted by molar-refractivity contribution is -0.149. The average Bonchev–Trinajstić information content (AvgIpc) is 3.16. The number of amides is 1. The minimum Gasteiger partial charge on any atom is -0.493 e. The molecule has 0 aliphatic carbocycles. The van der Waals surface area contributed by atoms with Crippen LogP contribution >= 0.6 is 0 Å². The van der Waals surface area contributed by atoms with E-state index in [9.17, 15) is 9.59 Å². The van der Waals surface area contributed by atoms with Gasteiger partial charge in [-0.2, -0.15) is 0 Å². The van der Waals surface area contributed by atoms with Crippen molar-refractivity contribution < 1.29 is 23.8 Å². The van der Waals surface area contributed by atoms with Crippen molar-refractivity contribution in [2.45, 2.75) is 26.4 Å². The van der Waals surface area contributed by atoms with Gasteiger partial charge < -0.3 is 19.1 Å². The van der Waals surface area contributed by atoms with Crippen LogP contribution in [0.2, 0.25) is 0 Å². The minimum absolute atomic E-state index is 0.223. The summed E-state index contributed by atoms with van der Waals surface area (Å²) in [4.78, 5) is 26.5. The molecule has 6 nitrogen and oxygen atoms in total. The third-order valence-electron chi connectivity index (χ3n) is 4.69. The molecule has 152 valence electrons. The Balaban J connectivity index is 1.61.